The van der Waals surface area contributed by atoms with Crippen LogP contribution >= 0.6 is 0 Å². The first-order valence-corrected chi connectivity index (χ1v) is 8.52. The molecular weight excluding hydrogens is 298 g/mol. The van der Waals surface area contributed by atoms with Crippen LogP contribution in [-0.2, 0) is 10.0 Å². The van der Waals surface area contributed by atoms with Crippen LogP contribution in [0.1, 0.15) is 32.1 Å². The summed E-state index contributed by atoms with van der Waals surface area (Å²) in [4.78, 5) is -0.662. The minimum Gasteiger partial charge on any atom is -0.330 e. The highest BCUT2D eigenvalue weighted by Gasteiger charge is 2.32. The molecule has 21 heavy (non-hydrogen) atoms. The summed E-state index contributed by atoms with van der Waals surface area (Å²) >= 11 is 0. The minimum absolute atomic E-state index is 0.155. The molecule has 0 atom stereocenters. The van der Waals surface area contributed by atoms with E-state index in [2.05, 4.69) is 4.72 Å². The van der Waals surface area contributed by atoms with Gasteiger partial charge in [0.25, 0.3) is 0 Å². The molecule has 1 aromatic carbocycles. The molecule has 7 heteroatoms. The number of rotatable bonds is 5. The average Bonchev–Trinajstić information content (AvgIpc) is 2.49. The molecule has 1 aliphatic carbocycles. The number of nitrogens with one attached hydrogen (secondary N) is 1. The normalized spacial score (nSPS) is 18.6. The van der Waals surface area contributed by atoms with Gasteiger partial charge in [-0.1, -0.05) is 19.3 Å². The van der Waals surface area contributed by atoms with Crippen molar-refractivity contribution in [2.24, 2.45) is 11.1 Å². The van der Waals surface area contributed by atoms with Crippen LogP contribution in [0.2, 0.25) is 0 Å². The quantitative estimate of drug-likeness (QED) is 0.874. The highest BCUT2D eigenvalue weighted by molar-refractivity contribution is 7.89. The van der Waals surface area contributed by atoms with Crippen LogP contribution in [0.3, 0.4) is 0 Å². The van der Waals surface area contributed by atoms with Crippen molar-refractivity contribution in [3.63, 3.8) is 0 Å². The van der Waals surface area contributed by atoms with Crippen LogP contribution in [0.15, 0.2) is 23.1 Å². The van der Waals surface area contributed by atoms with Gasteiger partial charge in [0, 0.05) is 6.54 Å². The lowest BCUT2D eigenvalue weighted by atomic mass is 9.74. The SMILES string of the molecule is NCC1(CNS(=O)(=O)c2cc(F)ccc2F)CCCCC1. The number of nitrogens with two attached hydrogens (primary N) is 1. The van der Waals surface area contributed by atoms with Crippen LogP contribution in [0.5, 0.6) is 0 Å². The first kappa shape index (κ1) is 16.3. The molecule has 0 saturated heterocycles. The van der Waals surface area contributed by atoms with E-state index < -0.39 is 26.6 Å². The lowest BCUT2D eigenvalue weighted by Crippen LogP contribution is -2.43. The molecule has 118 valence electrons. The van der Waals surface area contributed by atoms with Crippen molar-refractivity contribution in [3.05, 3.63) is 29.8 Å². The van der Waals surface area contributed by atoms with Gasteiger partial charge in [-0.3, -0.25) is 0 Å². The number of hydrogen-bond donors (Lipinski definition) is 2. The molecule has 1 aliphatic rings. The van der Waals surface area contributed by atoms with E-state index in [1.807, 2.05) is 0 Å². The zero-order valence-electron chi connectivity index (χ0n) is 11.7. The molecule has 0 heterocycles. The number of halogens is 2. The number of benzene rings is 1. The fourth-order valence-electron chi connectivity index (χ4n) is 2.76. The van der Waals surface area contributed by atoms with Gasteiger partial charge >= 0.3 is 0 Å². The summed E-state index contributed by atoms with van der Waals surface area (Å²) in [7, 11) is -4.08. The van der Waals surface area contributed by atoms with Gasteiger partial charge in [-0.05, 0) is 43.0 Å². The molecule has 0 spiro atoms. The van der Waals surface area contributed by atoms with Crippen molar-refractivity contribution in [2.45, 2.75) is 37.0 Å². The summed E-state index contributed by atoms with van der Waals surface area (Å²) in [5.41, 5.74) is 5.51. The Morgan fingerprint density at radius 2 is 1.86 bits per heavy atom. The Kier molecular flexibility index (Phi) is 4.95. The third-order valence-corrected chi connectivity index (χ3v) is 5.58. The first-order valence-electron chi connectivity index (χ1n) is 7.03. The fourth-order valence-corrected chi connectivity index (χ4v) is 4.01. The molecule has 1 aromatic rings. The molecule has 3 N–H and O–H groups in total. The highest BCUT2D eigenvalue weighted by Crippen LogP contribution is 2.35. The third-order valence-electron chi connectivity index (χ3n) is 4.17. The van der Waals surface area contributed by atoms with Crippen LogP contribution in [-0.4, -0.2) is 21.5 Å². The molecule has 2 rings (SSSR count). The molecule has 0 aliphatic heterocycles. The van der Waals surface area contributed by atoms with Gasteiger partial charge in [0.15, 0.2) is 0 Å². The molecular formula is C14H20F2N2O2S. The summed E-state index contributed by atoms with van der Waals surface area (Å²) in [6, 6.07) is 2.38. The minimum atomic E-state index is -4.08. The average molecular weight is 318 g/mol. The summed E-state index contributed by atoms with van der Waals surface area (Å²) in [5, 5.41) is 0. The van der Waals surface area contributed by atoms with E-state index in [-0.39, 0.29) is 12.0 Å². The Morgan fingerprint density at radius 1 is 1.19 bits per heavy atom. The van der Waals surface area contributed by atoms with Crippen LogP contribution in [0.4, 0.5) is 8.78 Å². The monoisotopic (exact) mass is 318 g/mol. The van der Waals surface area contributed by atoms with Crippen molar-refractivity contribution in [1.29, 1.82) is 0 Å². The standard InChI is InChI=1S/C14H20F2N2O2S/c15-11-4-5-12(16)13(8-11)21(19,20)18-10-14(9-17)6-2-1-3-7-14/h4-5,8,18H,1-3,6-7,9-10,17H2. The van der Waals surface area contributed by atoms with E-state index in [9.17, 15) is 17.2 Å². The van der Waals surface area contributed by atoms with Crippen molar-refractivity contribution in [1.82, 2.24) is 4.72 Å². The maximum absolute atomic E-state index is 13.6. The predicted molar refractivity (Wildman–Crippen MR) is 76.1 cm³/mol. The van der Waals surface area contributed by atoms with E-state index >= 15 is 0 Å². The zero-order chi connectivity index (χ0) is 15.5. The molecule has 4 nitrogen and oxygen atoms in total. The second-order valence-electron chi connectivity index (χ2n) is 5.66. The highest BCUT2D eigenvalue weighted by atomic mass is 32.2. The van der Waals surface area contributed by atoms with Crippen molar-refractivity contribution in [2.75, 3.05) is 13.1 Å². The van der Waals surface area contributed by atoms with Gasteiger partial charge < -0.3 is 5.73 Å². The lowest BCUT2D eigenvalue weighted by Gasteiger charge is -2.36. The summed E-state index contributed by atoms with van der Waals surface area (Å²) in [6.07, 6.45) is 4.82. The third kappa shape index (κ3) is 3.78. The van der Waals surface area contributed by atoms with Crippen molar-refractivity contribution < 1.29 is 17.2 Å². The summed E-state index contributed by atoms with van der Waals surface area (Å²) in [6.45, 7) is 0.531. The molecule has 0 bridgehead atoms. The van der Waals surface area contributed by atoms with Gasteiger partial charge in [-0.15, -0.1) is 0 Å². The largest absolute Gasteiger partial charge is 0.330 e. The maximum Gasteiger partial charge on any atom is 0.243 e. The Hall–Kier alpha value is -1.05. The van der Waals surface area contributed by atoms with Crippen molar-refractivity contribution in [3.8, 4) is 0 Å². The Morgan fingerprint density at radius 3 is 2.48 bits per heavy atom. The van der Waals surface area contributed by atoms with Crippen LogP contribution < -0.4 is 10.5 Å². The van der Waals surface area contributed by atoms with Crippen LogP contribution in [0.25, 0.3) is 0 Å². The van der Waals surface area contributed by atoms with Gasteiger partial charge in [-0.25, -0.2) is 21.9 Å². The van der Waals surface area contributed by atoms with Gasteiger partial charge in [-0.2, -0.15) is 0 Å². The predicted octanol–water partition coefficient (Wildman–Crippen LogP) is 2.15. The molecule has 1 saturated carbocycles. The summed E-state index contributed by atoms with van der Waals surface area (Å²) in [5.74, 6) is -1.75. The second kappa shape index (κ2) is 6.37. The van der Waals surface area contributed by atoms with E-state index in [0.29, 0.717) is 12.6 Å². The molecule has 0 amide bonds. The fraction of sp³-hybridized carbons (Fsp3) is 0.571. The molecule has 0 radical (unpaired) electrons. The lowest BCUT2D eigenvalue weighted by molar-refractivity contribution is 0.202. The first-order chi connectivity index (χ1) is 9.88. The van der Waals surface area contributed by atoms with E-state index in [4.69, 9.17) is 5.73 Å². The number of hydrogen-bond acceptors (Lipinski definition) is 3. The topological polar surface area (TPSA) is 72.2 Å². The van der Waals surface area contributed by atoms with Gasteiger partial charge in [0.1, 0.15) is 16.5 Å². The summed E-state index contributed by atoms with van der Waals surface area (Å²) < 4.78 is 53.4. The second-order valence-corrected chi connectivity index (χ2v) is 7.40. The molecule has 0 unspecified atom stereocenters. The Bertz CT molecular complexity index is 599. The number of sulfonamides is 1. The van der Waals surface area contributed by atoms with E-state index in [1.165, 1.54) is 0 Å². The van der Waals surface area contributed by atoms with Crippen molar-refractivity contribution >= 4 is 10.0 Å². The maximum atomic E-state index is 13.6. The zero-order valence-corrected chi connectivity index (χ0v) is 12.6. The molecule has 0 aromatic heterocycles. The van der Waals surface area contributed by atoms with Gasteiger partial charge in [0.05, 0.1) is 0 Å². The van der Waals surface area contributed by atoms with E-state index in [0.717, 1.165) is 44.2 Å². The Balaban J connectivity index is 2.15. The van der Waals surface area contributed by atoms with Crippen LogP contribution in [0, 0.1) is 17.0 Å². The smallest absolute Gasteiger partial charge is 0.243 e. The Labute approximate surface area is 123 Å². The molecule has 1 fully saturated rings. The van der Waals surface area contributed by atoms with Gasteiger partial charge in [0.2, 0.25) is 10.0 Å². The van der Waals surface area contributed by atoms with E-state index in [1.54, 1.807) is 0 Å².